The van der Waals surface area contributed by atoms with Gasteiger partial charge in [-0.25, -0.2) is 14.6 Å². The van der Waals surface area contributed by atoms with Crippen LogP contribution in [0.5, 0.6) is 0 Å². The van der Waals surface area contributed by atoms with E-state index in [0.29, 0.717) is 24.9 Å². The summed E-state index contributed by atoms with van der Waals surface area (Å²) < 4.78 is 7.46. The molecule has 0 unspecified atom stereocenters. The molecule has 1 atom stereocenters. The molecule has 0 amide bonds. The average molecular weight is 443 g/mol. The van der Waals surface area contributed by atoms with E-state index in [9.17, 15) is 5.11 Å². The number of aliphatic hydroxyl groups is 1. The van der Waals surface area contributed by atoms with Crippen molar-refractivity contribution in [1.29, 1.82) is 0 Å². The normalized spacial score (nSPS) is 20.5. The van der Waals surface area contributed by atoms with E-state index in [0.717, 1.165) is 60.0 Å². The predicted octanol–water partition coefficient (Wildman–Crippen LogP) is 2.44. The lowest BCUT2D eigenvalue weighted by Gasteiger charge is -2.33. The van der Waals surface area contributed by atoms with Crippen LogP contribution in [0.1, 0.15) is 30.1 Å². The molecule has 0 bridgehead atoms. The maximum absolute atomic E-state index is 9.48. The number of hydrogen-bond acceptors (Lipinski definition) is 7. The predicted molar refractivity (Wildman–Crippen MR) is 120 cm³/mol. The average Bonchev–Trinajstić information content (AvgIpc) is 3.21. The van der Waals surface area contributed by atoms with Crippen molar-refractivity contribution in [1.82, 2.24) is 25.1 Å². The topological polar surface area (TPSA) is 88.3 Å². The molecule has 2 saturated heterocycles. The van der Waals surface area contributed by atoms with Crippen molar-refractivity contribution in [3.05, 3.63) is 40.8 Å². The van der Waals surface area contributed by atoms with E-state index in [4.69, 9.17) is 16.3 Å². The van der Waals surface area contributed by atoms with Crippen molar-refractivity contribution in [3.63, 3.8) is 0 Å². The highest BCUT2D eigenvalue weighted by molar-refractivity contribution is 6.32. The molecule has 1 aromatic carbocycles. The van der Waals surface area contributed by atoms with E-state index in [1.54, 1.807) is 0 Å². The summed E-state index contributed by atoms with van der Waals surface area (Å²) in [7, 11) is 0. The van der Waals surface area contributed by atoms with Crippen molar-refractivity contribution >= 4 is 28.3 Å². The van der Waals surface area contributed by atoms with E-state index in [1.807, 2.05) is 29.9 Å². The van der Waals surface area contributed by atoms with Crippen LogP contribution in [0.2, 0.25) is 5.02 Å². The fourth-order valence-electron chi connectivity index (χ4n) is 4.54. The SMILES string of the molecule is Cc1nc(N2CCO[C@@H](CO)C2)cc(-n2ncc3cc(Cl)c(C4CCNCC4)cc32)n1. The van der Waals surface area contributed by atoms with Gasteiger partial charge in [0.15, 0.2) is 5.82 Å². The summed E-state index contributed by atoms with van der Waals surface area (Å²) in [5.74, 6) is 2.67. The minimum absolute atomic E-state index is 0.00254. The Hall–Kier alpha value is -2.26. The fraction of sp³-hybridized carbons (Fsp3) is 0.500. The van der Waals surface area contributed by atoms with Crippen LogP contribution >= 0.6 is 11.6 Å². The van der Waals surface area contributed by atoms with E-state index in [1.165, 1.54) is 5.56 Å². The molecule has 0 aliphatic carbocycles. The highest BCUT2D eigenvalue weighted by Gasteiger charge is 2.23. The van der Waals surface area contributed by atoms with Crippen LogP contribution in [0.3, 0.4) is 0 Å². The summed E-state index contributed by atoms with van der Waals surface area (Å²) in [4.78, 5) is 11.4. The van der Waals surface area contributed by atoms with Gasteiger partial charge in [0.2, 0.25) is 0 Å². The summed E-state index contributed by atoms with van der Waals surface area (Å²) in [5.41, 5.74) is 2.18. The van der Waals surface area contributed by atoms with Gasteiger partial charge in [-0.3, -0.25) is 0 Å². The number of fused-ring (bicyclic) bond motifs is 1. The first-order valence-electron chi connectivity index (χ1n) is 10.8. The molecular formula is C22H27ClN6O2. The summed E-state index contributed by atoms with van der Waals surface area (Å²) in [6.07, 6.45) is 3.80. The van der Waals surface area contributed by atoms with Gasteiger partial charge < -0.3 is 20.1 Å². The van der Waals surface area contributed by atoms with Crippen molar-refractivity contribution in [2.45, 2.75) is 31.8 Å². The smallest absolute Gasteiger partial charge is 0.159 e. The Kier molecular flexibility index (Phi) is 5.79. The number of aryl methyl sites for hydroxylation is 1. The number of anilines is 1. The third kappa shape index (κ3) is 4.13. The molecule has 2 N–H and O–H groups in total. The summed E-state index contributed by atoms with van der Waals surface area (Å²) >= 11 is 6.65. The van der Waals surface area contributed by atoms with E-state index in [-0.39, 0.29) is 12.7 Å². The standard InChI is InChI=1S/C22H27ClN6O2/c1-14-26-21(28-6-7-31-17(12-28)13-30)10-22(27-14)29-20-9-18(15-2-4-24-5-3-15)19(23)8-16(20)11-25-29/h8-11,15,17,24,30H,2-7,12-13H2,1H3/t17-/m1/s1. The van der Waals surface area contributed by atoms with Crippen molar-refractivity contribution in [2.24, 2.45) is 0 Å². The number of ether oxygens (including phenoxy) is 1. The molecule has 31 heavy (non-hydrogen) atoms. The number of hydrogen-bond donors (Lipinski definition) is 2. The number of morpholine rings is 1. The van der Waals surface area contributed by atoms with Crippen LogP contribution in [0.25, 0.3) is 16.7 Å². The third-order valence-electron chi connectivity index (χ3n) is 6.16. The van der Waals surface area contributed by atoms with Crippen molar-refractivity contribution < 1.29 is 9.84 Å². The fourth-order valence-corrected chi connectivity index (χ4v) is 4.86. The number of nitrogens with zero attached hydrogens (tertiary/aromatic N) is 5. The maximum Gasteiger partial charge on any atom is 0.159 e. The molecule has 2 aliphatic rings. The molecular weight excluding hydrogens is 416 g/mol. The lowest BCUT2D eigenvalue weighted by molar-refractivity contribution is 0.00335. The molecule has 9 heteroatoms. The van der Waals surface area contributed by atoms with Crippen LogP contribution in [-0.2, 0) is 4.74 Å². The first-order chi connectivity index (χ1) is 15.1. The molecule has 5 rings (SSSR count). The number of aliphatic hydroxyl groups excluding tert-OH is 1. The minimum Gasteiger partial charge on any atom is -0.394 e. The summed E-state index contributed by atoms with van der Waals surface area (Å²) in [6, 6.07) is 6.15. The Morgan fingerprint density at radius 1 is 1.19 bits per heavy atom. The zero-order valence-corrected chi connectivity index (χ0v) is 18.3. The molecule has 2 aromatic heterocycles. The molecule has 0 radical (unpaired) electrons. The maximum atomic E-state index is 9.48. The lowest BCUT2D eigenvalue weighted by Crippen LogP contribution is -2.44. The first kappa shape index (κ1) is 20.6. The van der Waals surface area contributed by atoms with Crippen molar-refractivity contribution in [3.8, 4) is 5.82 Å². The Morgan fingerprint density at radius 2 is 2.00 bits per heavy atom. The van der Waals surface area contributed by atoms with Gasteiger partial charge in [-0.2, -0.15) is 5.10 Å². The van der Waals surface area contributed by atoms with Gasteiger partial charge in [0.1, 0.15) is 11.6 Å². The molecule has 2 aliphatic heterocycles. The van der Waals surface area contributed by atoms with E-state index < -0.39 is 0 Å². The monoisotopic (exact) mass is 442 g/mol. The van der Waals surface area contributed by atoms with Gasteiger partial charge in [-0.15, -0.1) is 0 Å². The van der Waals surface area contributed by atoms with Gasteiger partial charge in [0.25, 0.3) is 0 Å². The van der Waals surface area contributed by atoms with Gasteiger partial charge in [-0.1, -0.05) is 11.6 Å². The second-order valence-electron chi connectivity index (χ2n) is 8.27. The second kappa shape index (κ2) is 8.70. The molecule has 3 aromatic rings. The zero-order valence-electron chi connectivity index (χ0n) is 17.6. The van der Waals surface area contributed by atoms with Crippen LogP contribution < -0.4 is 10.2 Å². The summed E-state index contributed by atoms with van der Waals surface area (Å²) in [6.45, 7) is 5.80. The van der Waals surface area contributed by atoms with E-state index >= 15 is 0 Å². The number of nitrogens with one attached hydrogen (secondary N) is 1. The molecule has 0 spiro atoms. The number of halogens is 1. The highest BCUT2D eigenvalue weighted by atomic mass is 35.5. The Morgan fingerprint density at radius 3 is 2.81 bits per heavy atom. The zero-order chi connectivity index (χ0) is 21.4. The molecule has 2 fully saturated rings. The van der Waals surface area contributed by atoms with Crippen LogP contribution in [-0.4, -0.2) is 70.4 Å². The number of piperidine rings is 1. The molecule has 8 nitrogen and oxygen atoms in total. The Bertz CT molecular complexity index is 1080. The van der Waals surface area contributed by atoms with Crippen molar-refractivity contribution in [2.75, 3.05) is 44.3 Å². The number of aromatic nitrogens is 4. The largest absolute Gasteiger partial charge is 0.394 e. The van der Waals surface area contributed by atoms with Crippen LogP contribution in [0, 0.1) is 6.92 Å². The minimum atomic E-state index is -0.201. The molecule has 0 saturated carbocycles. The lowest BCUT2D eigenvalue weighted by atomic mass is 9.90. The summed E-state index contributed by atoms with van der Waals surface area (Å²) in [5, 5.41) is 19.3. The second-order valence-corrected chi connectivity index (χ2v) is 8.67. The highest BCUT2D eigenvalue weighted by Crippen LogP contribution is 2.35. The van der Waals surface area contributed by atoms with Gasteiger partial charge in [0, 0.05) is 29.6 Å². The third-order valence-corrected chi connectivity index (χ3v) is 6.49. The van der Waals surface area contributed by atoms with Gasteiger partial charge >= 0.3 is 0 Å². The quantitative estimate of drug-likeness (QED) is 0.641. The van der Waals surface area contributed by atoms with Gasteiger partial charge in [-0.05, 0) is 56.5 Å². The van der Waals surface area contributed by atoms with Crippen LogP contribution in [0.4, 0.5) is 5.82 Å². The molecule has 4 heterocycles. The number of benzene rings is 1. The Labute approximate surface area is 186 Å². The van der Waals surface area contributed by atoms with E-state index in [2.05, 4.69) is 31.3 Å². The van der Waals surface area contributed by atoms with Gasteiger partial charge in [0.05, 0.1) is 31.0 Å². The first-order valence-corrected chi connectivity index (χ1v) is 11.2. The van der Waals surface area contributed by atoms with Crippen LogP contribution in [0.15, 0.2) is 24.4 Å². The Balaban J connectivity index is 1.54. The molecule has 164 valence electrons. The number of rotatable bonds is 4.